The Bertz CT molecular complexity index is 610. The summed E-state index contributed by atoms with van der Waals surface area (Å²) in [6.45, 7) is 2.22. The number of rotatable bonds is 16. The molecule has 0 saturated heterocycles. The van der Waals surface area contributed by atoms with Crippen molar-refractivity contribution in [2.24, 2.45) is 0 Å². The first-order valence-electron chi connectivity index (χ1n) is 11.0. The summed E-state index contributed by atoms with van der Waals surface area (Å²) in [5.41, 5.74) is 0.758. The molecule has 0 spiro atoms. The van der Waals surface area contributed by atoms with Crippen LogP contribution >= 0.6 is 0 Å². The van der Waals surface area contributed by atoms with Crippen molar-refractivity contribution in [1.82, 2.24) is 5.32 Å². The Morgan fingerprint density at radius 1 is 0.931 bits per heavy atom. The third kappa shape index (κ3) is 12.7. The maximum absolute atomic E-state index is 12.1. The minimum absolute atomic E-state index is 0.132. The van der Waals surface area contributed by atoms with Crippen LogP contribution in [0.5, 0.6) is 5.75 Å². The molecule has 0 aliphatic carbocycles. The molecule has 0 bridgehead atoms. The number of aliphatic carboxylic acids is 1. The van der Waals surface area contributed by atoms with Crippen LogP contribution < -0.4 is 5.32 Å². The smallest absolute Gasteiger partial charge is 0.326 e. The highest BCUT2D eigenvalue weighted by Crippen LogP contribution is 2.12. The molecule has 1 aromatic rings. The minimum Gasteiger partial charge on any atom is -0.508 e. The summed E-state index contributed by atoms with van der Waals surface area (Å²) in [7, 11) is 0. The maximum Gasteiger partial charge on any atom is 0.326 e. The fourth-order valence-electron chi connectivity index (χ4n) is 3.16. The third-order valence-corrected chi connectivity index (χ3v) is 4.93. The van der Waals surface area contributed by atoms with Crippen LogP contribution in [0.25, 0.3) is 0 Å². The molecule has 1 atom stereocenters. The number of allylic oxidation sites excluding steroid dienone is 2. The lowest BCUT2D eigenvalue weighted by Crippen LogP contribution is -2.42. The molecule has 1 amide bonds. The fraction of sp³-hybridized carbons (Fsp3) is 0.583. The summed E-state index contributed by atoms with van der Waals surface area (Å²) >= 11 is 0. The van der Waals surface area contributed by atoms with E-state index in [-0.39, 0.29) is 18.1 Å². The number of amides is 1. The van der Waals surface area contributed by atoms with Gasteiger partial charge in [-0.3, -0.25) is 4.79 Å². The van der Waals surface area contributed by atoms with Crippen LogP contribution in [-0.4, -0.2) is 28.1 Å². The highest BCUT2D eigenvalue weighted by molar-refractivity contribution is 5.83. The van der Waals surface area contributed by atoms with Crippen LogP contribution in [0.15, 0.2) is 36.4 Å². The lowest BCUT2D eigenvalue weighted by molar-refractivity contribution is -0.141. The van der Waals surface area contributed by atoms with Crippen LogP contribution in [0, 0.1) is 0 Å². The molecule has 0 aliphatic rings. The van der Waals surface area contributed by atoms with Gasteiger partial charge in [-0.15, -0.1) is 0 Å². The number of unbranched alkanes of at least 4 members (excludes halogenated alkanes) is 8. The van der Waals surface area contributed by atoms with Gasteiger partial charge in [0.05, 0.1) is 0 Å². The molecule has 3 N–H and O–H groups in total. The van der Waals surface area contributed by atoms with E-state index >= 15 is 0 Å². The summed E-state index contributed by atoms with van der Waals surface area (Å²) in [4.78, 5) is 23.5. The van der Waals surface area contributed by atoms with E-state index in [0.717, 1.165) is 37.7 Å². The van der Waals surface area contributed by atoms with E-state index in [4.69, 9.17) is 0 Å². The van der Waals surface area contributed by atoms with Crippen molar-refractivity contribution in [2.45, 2.75) is 90.0 Å². The van der Waals surface area contributed by atoms with Crippen molar-refractivity contribution < 1.29 is 19.8 Å². The monoisotopic (exact) mass is 403 g/mol. The van der Waals surface area contributed by atoms with E-state index in [2.05, 4.69) is 24.4 Å². The predicted octanol–water partition coefficient (Wildman–Crippen LogP) is 5.37. The van der Waals surface area contributed by atoms with Crippen LogP contribution in [0.1, 0.15) is 83.1 Å². The normalized spacial score (nSPS) is 12.2. The Balaban J connectivity index is 2.13. The van der Waals surface area contributed by atoms with E-state index in [0.29, 0.717) is 6.42 Å². The van der Waals surface area contributed by atoms with Gasteiger partial charge < -0.3 is 15.5 Å². The molecule has 0 aliphatic heterocycles. The topological polar surface area (TPSA) is 86.6 Å². The average Bonchev–Trinajstić information content (AvgIpc) is 2.70. The summed E-state index contributed by atoms with van der Waals surface area (Å²) in [6.07, 6.45) is 16.5. The Labute approximate surface area is 175 Å². The first-order valence-corrected chi connectivity index (χ1v) is 11.0. The number of carbonyl (C=O) groups is 2. The summed E-state index contributed by atoms with van der Waals surface area (Å²) in [6, 6.07) is 5.40. The van der Waals surface area contributed by atoms with Gasteiger partial charge in [-0.05, 0) is 49.8 Å². The van der Waals surface area contributed by atoms with Gasteiger partial charge >= 0.3 is 5.97 Å². The largest absolute Gasteiger partial charge is 0.508 e. The number of hydrogen-bond acceptors (Lipinski definition) is 3. The molecule has 1 rings (SSSR count). The van der Waals surface area contributed by atoms with E-state index < -0.39 is 12.0 Å². The minimum atomic E-state index is -1.05. The first kappa shape index (κ1) is 24.7. The standard InChI is InChI=1S/C24H37NO4/c1-2-3-4-5-6-7-8-9-10-11-12-13-14-23(27)25-22(24(28)29)19-20-15-17-21(26)18-16-20/h7-8,15-18,22,26H,2-6,9-14,19H2,1H3,(H,25,27)(H,28,29). The van der Waals surface area contributed by atoms with Crippen molar-refractivity contribution in [3.8, 4) is 5.75 Å². The number of carbonyl (C=O) groups excluding carboxylic acids is 1. The summed E-state index contributed by atoms with van der Waals surface area (Å²) in [5.74, 6) is -1.14. The molecule has 29 heavy (non-hydrogen) atoms. The molecule has 1 unspecified atom stereocenters. The van der Waals surface area contributed by atoms with Gasteiger partial charge in [0.25, 0.3) is 0 Å². The first-order chi connectivity index (χ1) is 14.0. The average molecular weight is 404 g/mol. The number of hydrogen-bond donors (Lipinski definition) is 3. The van der Waals surface area contributed by atoms with E-state index in [9.17, 15) is 19.8 Å². The second kappa shape index (κ2) is 15.6. The second-order valence-electron chi connectivity index (χ2n) is 7.60. The Hall–Kier alpha value is -2.30. The molecule has 5 heteroatoms. The zero-order valence-electron chi connectivity index (χ0n) is 17.7. The number of phenols is 1. The van der Waals surface area contributed by atoms with Gasteiger partial charge in [0.1, 0.15) is 11.8 Å². The molecule has 0 fully saturated rings. The zero-order valence-corrected chi connectivity index (χ0v) is 17.7. The van der Waals surface area contributed by atoms with Crippen molar-refractivity contribution in [3.63, 3.8) is 0 Å². The molecule has 1 aromatic carbocycles. The van der Waals surface area contributed by atoms with Crippen LogP contribution in [0.4, 0.5) is 0 Å². The Morgan fingerprint density at radius 3 is 2.10 bits per heavy atom. The maximum atomic E-state index is 12.1. The van der Waals surface area contributed by atoms with Crippen molar-refractivity contribution in [3.05, 3.63) is 42.0 Å². The van der Waals surface area contributed by atoms with Gasteiger partial charge in [0.15, 0.2) is 0 Å². The van der Waals surface area contributed by atoms with Crippen LogP contribution in [0.3, 0.4) is 0 Å². The van der Waals surface area contributed by atoms with Crippen molar-refractivity contribution >= 4 is 11.9 Å². The van der Waals surface area contributed by atoms with E-state index in [1.807, 2.05) is 0 Å². The van der Waals surface area contributed by atoms with E-state index in [1.54, 1.807) is 12.1 Å². The fourth-order valence-corrected chi connectivity index (χ4v) is 3.16. The summed E-state index contributed by atoms with van der Waals surface area (Å²) < 4.78 is 0. The Morgan fingerprint density at radius 2 is 1.52 bits per heavy atom. The SMILES string of the molecule is CCCCCCC=CCCCCCCC(=O)NC(Cc1ccc(O)cc1)C(=O)O. The number of benzene rings is 1. The molecule has 0 radical (unpaired) electrons. The molecule has 0 saturated carbocycles. The van der Waals surface area contributed by atoms with Crippen molar-refractivity contribution in [1.29, 1.82) is 0 Å². The quantitative estimate of drug-likeness (QED) is 0.256. The number of carboxylic acid groups (broad SMARTS) is 1. The van der Waals surface area contributed by atoms with Gasteiger partial charge in [-0.1, -0.05) is 63.3 Å². The lowest BCUT2D eigenvalue weighted by Gasteiger charge is -2.14. The highest BCUT2D eigenvalue weighted by atomic mass is 16.4. The van der Waals surface area contributed by atoms with Crippen LogP contribution in [-0.2, 0) is 16.0 Å². The van der Waals surface area contributed by atoms with Gasteiger partial charge in [0, 0.05) is 12.8 Å². The van der Waals surface area contributed by atoms with Crippen molar-refractivity contribution in [2.75, 3.05) is 0 Å². The summed E-state index contributed by atoms with van der Waals surface area (Å²) in [5, 5.41) is 21.2. The van der Waals surface area contributed by atoms with Gasteiger partial charge in [0.2, 0.25) is 5.91 Å². The lowest BCUT2D eigenvalue weighted by atomic mass is 10.1. The van der Waals surface area contributed by atoms with Gasteiger partial charge in [-0.2, -0.15) is 0 Å². The Kier molecular flexibility index (Phi) is 13.3. The zero-order chi connectivity index (χ0) is 21.3. The number of phenolic OH excluding ortho intramolecular Hbond substituents is 1. The van der Waals surface area contributed by atoms with Gasteiger partial charge in [-0.25, -0.2) is 4.79 Å². The highest BCUT2D eigenvalue weighted by Gasteiger charge is 2.20. The second-order valence-corrected chi connectivity index (χ2v) is 7.60. The molecule has 162 valence electrons. The molecule has 0 aromatic heterocycles. The van der Waals surface area contributed by atoms with E-state index in [1.165, 1.54) is 44.2 Å². The van der Waals surface area contributed by atoms with Crippen LogP contribution in [0.2, 0.25) is 0 Å². The number of carboxylic acids is 1. The molecule has 5 nitrogen and oxygen atoms in total. The third-order valence-electron chi connectivity index (χ3n) is 4.93. The molecule has 0 heterocycles. The molecular formula is C24H37NO4. The predicted molar refractivity (Wildman–Crippen MR) is 117 cm³/mol. The number of aromatic hydroxyl groups is 1. The number of nitrogens with one attached hydrogen (secondary N) is 1. The molecular weight excluding hydrogens is 366 g/mol.